The lowest BCUT2D eigenvalue weighted by molar-refractivity contribution is 0.0572. The lowest BCUT2D eigenvalue weighted by Gasteiger charge is -1.95. The smallest absolute Gasteiger partial charge is 0.241 e. The number of benzene rings is 1. The van der Waals surface area contributed by atoms with Crippen molar-refractivity contribution in [2.45, 2.75) is 0 Å². The summed E-state index contributed by atoms with van der Waals surface area (Å²) in [6, 6.07) is 4.39. The molecule has 4 heteroatoms. The predicted octanol–water partition coefficient (Wildman–Crippen LogP) is 2.67. The fourth-order valence-electron chi connectivity index (χ4n) is 0.655. The van der Waals surface area contributed by atoms with Gasteiger partial charge in [0.25, 0.3) is 0 Å². The second-order valence-electron chi connectivity index (χ2n) is 1.91. The minimum absolute atomic E-state index is 0.106. The number of hydrogen-bond donors (Lipinski definition) is 0. The molecular weight excluding hydrogens is 231 g/mol. The van der Waals surface area contributed by atoms with Crippen molar-refractivity contribution in [3.05, 3.63) is 33.3 Å². The van der Waals surface area contributed by atoms with E-state index in [9.17, 15) is 9.90 Å². The monoisotopic (exact) mass is 233 g/mol. The van der Waals surface area contributed by atoms with Crippen molar-refractivity contribution in [3.63, 3.8) is 0 Å². The summed E-state index contributed by atoms with van der Waals surface area (Å²) in [6.45, 7) is 0. The summed E-state index contributed by atoms with van der Waals surface area (Å²) in [4.78, 5) is 10.3. The SMILES string of the molecule is [O]C(=O)c1ccc(Cl)cc1Br. The molecule has 1 aromatic rings. The molecule has 0 unspecified atom stereocenters. The maximum absolute atomic E-state index is 10.3. The van der Waals surface area contributed by atoms with E-state index in [0.29, 0.717) is 9.50 Å². The third-order valence-corrected chi connectivity index (χ3v) is 2.04. The van der Waals surface area contributed by atoms with Crippen LogP contribution in [0, 0.1) is 0 Å². The zero-order valence-corrected chi connectivity index (χ0v) is 7.65. The van der Waals surface area contributed by atoms with Crippen molar-refractivity contribution >= 4 is 33.5 Å². The molecule has 0 bridgehead atoms. The van der Waals surface area contributed by atoms with E-state index in [2.05, 4.69) is 15.9 Å². The van der Waals surface area contributed by atoms with Gasteiger partial charge in [-0.3, -0.25) is 0 Å². The lowest BCUT2D eigenvalue weighted by Crippen LogP contribution is -1.94. The topological polar surface area (TPSA) is 37.0 Å². The summed E-state index contributed by atoms with van der Waals surface area (Å²) >= 11 is 8.62. The minimum Gasteiger partial charge on any atom is -0.241 e. The fraction of sp³-hybridized carbons (Fsp3) is 0. The van der Waals surface area contributed by atoms with Crippen molar-refractivity contribution in [2.75, 3.05) is 0 Å². The highest BCUT2D eigenvalue weighted by atomic mass is 79.9. The molecule has 2 nitrogen and oxygen atoms in total. The summed E-state index contributed by atoms with van der Waals surface area (Å²) < 4.78 is 0.435. The molecule has 0 aliphatic rings. The summed E-state index contributed by atoms with van der Waals surface area (Å²) in [5.74, 6) is -1.21. The molecule has 11 heavy (non-hydrogen) atoms. The first-order valence-corrected chi connectivity index (χ1v) is 3.95. The normalized spacial score (nSPS) is 9.64. The minimum atomic E-state index is -1.21. The molecule has 0 fully saturated rings. The molecule has 0 amide bonds. The molecule has 0 N–H and O–H groups in total. The molecule has 1 aromatic carbocycles. The van der Waals surface area contributed by atoms with E-state index in [0.717, 1.165) is 0 Å². The van der Waals surface area contributed by atoms with Crippen molar-refractivity contribution in [1.82, 2.24) is 0 Å². The van der Waals surface area contributed by atoms with Crippen LogP contribution in [0.25, 0.3) is 0 Å². The van der Waals surface area contributed by atoms with Crippen LogP contribution in [0.5, 0.6) is 0 Å². The van der Waals surface area contributed by atoms with E-state index >= 15 is 0 Å². The van der Waals surface area contributed by atoms with Crippen molar-refractivity contribution in [3.8, 4) is 0 Å². The molecule has 0 spiro atoms. The molecule has 0 saturated carbocycles. The Labute approximate surface area is 76.9 Å². The van der Waals surface area contributed by atoms with Gasteiger partial charge in [-0.2, -0.15) is 0 Å². The zero-order valence-electron chi connectivity index (χ0n) is 5.30. The number of rotatable bonds is 1. The Morgan fingerprint density at radius 2 is 2.09 bits per heavy atom. The van der Waals surface area contributed by atoms with Crippen LogP contribution < -0.4 is 0 Å². The molecule has 0 aromatic heterocycles. The average molecular weight is 234 g/mol. The first kappa shape index (κ1) is 8.56. The number of carbonyl (C=O) groups is 1. The van der Waals surface area contributed by atoms with Gasteiger partial charge in [-0.1, -0.05) is 11.6 Å². The van der Waals surface area contributed by atoms with Crippen LogP contribution in [0.4, 0.5) is 0 Å². The number of carbonyl (C=O) groups excluding carboxylic acids is 1. The maximum atomic E-state index is 10.3. The third-order valence-electron chi connectivity index (χ3n) is 1.15. The van der Waals surface area contributed by atoms with Crippen molar-refractivity contribution in [1.29, 1.82) is 0 Å². The van der Waals surface area contributed by atoms with Gasteiger partial charge < -0.3 is 0 Å². The van der Waals surface area contributed by atoms with Crippen molar-refractivity contribution in [2.24, 2.45) is 0 Å². The Balaban J connectivity index is 3.20. The quantitative estimate of drug-likeness (QED) is 0.736. The summed E-state index contributed by atoms with van der Waals surface area (Å²) in [6.07, 6.45) is 0. The summed E-state index contributed by atoms with van der Waals surface area (Å²) in [5, 5.41) is 10.8. The second-order valence-corrected chi connectivity index (χ2v) is 3.20. The standard InChI is InChI=1S/C7H3BrClO2/c8-6-3-4(9)1-2-5(6)7(10)11/h1-3H. The Hall–Kier alpha value is -0.540. The number of halogens is 2. The average Bonchev–Trinajstić information content (AvgIpc) is 1.85. The number of hydrogen-bond acceptors (Lipinski definition) is 1. The fourth-order valence-corrected chi connectivity index (χ4v) is 1.50. The van der Waals surface area contributed by atoms with E-state index in [1.54, 1.807) is 0 Å². The van der Waals surface area contributed by atoms with E-state index in [-0.39, 0.29) is 5.56 Å². The highest BCUT2D eigenvalue weighted by molar-refractivity contribution is 9.10. The van der Waals surface area contributed by atoms with Gasteiger partial charge in [-0.05, 0) is 34.1 Å². The first-order valence-electron chi connectivity index (χ1n) is 2.77. The summed E-state index contributed by atoms with van der Waals surface area (Å²) in [7, 11) is 0. The van der Waals surface area contributed by atoms with Crippen LogP contribution in [0.3, 0.4) is 0 Å². The Kier molecular flexibility index (Phi) is 2.52. The van der Waals surface area contributed by atoms with E-state index in [1.165, 1.54) is 18.2 Å². The van der Waals surface area contributed by atoms with Crippen LogP contribution in [0.2, 0.25) is 5.02 Å². The zero-order chi connectivity index (χ0) is 8.43. The third kappa shape index (κ3) is 1.94. The van der Waals surface area contributed by atoms with Gasteiger partial charge in [-0.25, -0.2) is 9.90 Å². The molecule has 0 heterocycles. The molecule has 0 aliphatic carbocycles. The van der Waals surface area contributed by atoms with Crippen LogP contribution in [-0.4, -0.2) is 5.97 Å². The highest BCUT2D eigenvalue weighted by Gasteiger charge is 2.09. The van der Waals surface area contributed by atoms with Gasteiger partial charge in [-0.15, -0.1) is 0 Å². The van der Waals surface area contributed by atoms with Crippen LogP contribution in [0.15, 0.2) is 22.7 Å². The van der Waals surface area contributed by atoms with Crippen LogP contribution in [-0.2, 0) is 5.11 Å². The van der Waals surface area contributed by atoms with E-state index in [4.69, 9.17) is 11.6 Å². The molecule has 0 atom stereocenters. The van der Waals surface area contributed by atoms with Gasteiger partial charge in [0.2, 0.25) is 0 Å². The Bertz CT molecular complexity index is 298. The molecule has 57 valence electrons. The molecular formula is C7H3BrClO2. The van der Waals surface area contributed by atoms with Crippen LogP contribution in [0.1, 0.15) is 10.4 Å². The molecule has 1 rings (SSSR count). The second kappa shape index (κ2) is 3.24. The molecule has 0 aliphatic heterocycles. The van der Waals surface area contributed by atoms with Crippen LogP contribution >= 0.6 is 27.5 Å². The maximum Gasteiger partial charge on any atom is 0.387 e. The van der Waals surface area contributed by atoms with Gasteiger partial charge >= 0.3 is 5.97 Å². The summed E-state index contributed by atoms with van der Waals surface area (Å²) in [5.41, 5.74) is 0.106. The predicted molar refractivity (Wildman–Crippen MR) is 44.2 cm³/mol. The van der Waals surface area contributed by atoms with Gasteiger partial charge in [0.05, 0.1) is 5.56 Å². The van der Waals surface area contributed by atoms with Gasteiger partial charge in [0, 0.05) is 9.50 Å². The van der Waals surface area contributed by atoms with E-state index in [1.807, 2.05) is 0 Å². The van der Waals surface area contributed by atoms with E-state index < -0.39 is 5.97 Å². The van der Waals surface area contributed by atoms with Gasteiger partial charge in [0.15, 0.2) is 0 Å². The molecule has 0 saturated heterocycles. The van der Waals surface area contributed by atoms with Crippen molar-refractivity contribution < 1.29 is 9.90 Å². The largest absolute Gasteiger partial charge is 0.387 e. The Morgan fingerprint density at radius 3 is 2.55 bits per heavy atom. The highest BCUT2D eigenvalue weighted by Crippen LogP contribution is 2.21. The molecule has 1 radical (unpaired) electrons. The first-order chi connectivity index (χ1) is 5.11. The Morgan fingerprint density at radius 1 is 1.45 bits per heavy atom. The lowest BCUT2D eigenvalue weighted by atomic mass is 10.2. The van der Waals surface area contributed by atoms with Gasteiger partial charge in [0.1, 0.15) is 0 Å².